The lowest BCUT2D eigenvalue weighted by Gasteiger charge is -2.36. The van der Waals surface area contributed by atoms with Crippen LogP contribution in [0.5, 0.6) is 0 Å². The lowest BCUT2D eigenvalue weighted by molar-refractivity contribution is 0.0938. The number of carbonyl (C=O) groups is 1. The van der Waals surface area contributed by atoms with Crippen LogP contribution in [0.4, 0.5) is 4.79 Å². The van der Waals surface area contributed by atoms with Gasteiger partial charge in [0.1, 0.15) is 0 Å². The number of halogens is 1. The number of piperidine rings is 1. The van der Waals surface area contributed by atoms with E-state index in [4.69, 9.17) is 5.11 Å². The third-order valence-corrected chi connectivity index (χ3v) is 4.09. The van der Waals surface area contributed by atoms with Gasteiger partial charge in [0.2, 0.25) is 0 Å². The first-order valence-electron chi connectivity index (χ1n) is 5.96. The predicted octanol–water partition coefficient (Wildman–Crippen LogP) is 2.52. The summed E-state index contributed by atoms with van der Waals surface area (Å²) in [7, 11) is 0. The monoisotopic (exact) mass is 313 g/mol. The molecule has 5 heteroatoms. The van der Waals surface area contributed by atoms with E-state index < -0.39 is 6.09 Å². The minimum Gasteiger partial charge on any atom is -0.465 e. The largest absolute Gasteiger partial charge is 0.465 e. The molecule has 2 rings (SSSR count). The molecule has 0 bridgehead atoms. The van der Waals surface area contributed by atoms with Gasteiger partial charge < -0.3 is 15.1 Å². The number of benzene rings is 1. The third kappa shape index (κ3) is 2.84. The SMILES string of the molecule is O=C(O)N1CC[C@@H](CO)[C@H](c2ccc(Br)cc2)C1. The highest BCUT2D eigenvalue weighted by Gasteiger charge is 2.31. The molecule has 4 nitrogen and oxygen atoms in total. The second-order valence-corrected chi connectivity index (χ2v) is 5.53. The molecule has 1 aromatic carbocycles. The van der Waals surface area contributed by atoms with Crippen molar-refractivity contribution in [3.63, 3.8) is 0 Å². The van der Waals surface area contributed by atoms with Crippen LogP contribution in [0.3, 0.4) is 0 Å². The van der Waals surface area contributed by atoms with Crippen LogP contribution in [-0.2, 0) is 0 Å². The zero-order valence-electron chi connectivity index (χ0n) is 9.92. The fourth-order valence-electron chi connectivity index (χ4n) is 2.48. The van der Waals surface area contributed by atoms with E-state index in [2.05, 4.69) is 15.9 Å². The maximum absolute atomic E-state index is 11.0. The molecule has 0 saturated carbocycles. The summed E-state index contributed by atoms with van der Waals surface area (Å²) in [6.07, 6.45) is -0.169. The van der Waals surface area contributed by atoms with Crippen LogP contribution < -0.4 is 0 Å². The molecule has 1 saturated heterocycles. The van der Waals surface area contributed by atoms with Gasteiger partial charge in [0.05, 0.1) is 0 Å². The molecule has 0 unspecified atom stereocenters. The normalized spacial score (nSPS) is 24.0. The summed E-state index contributed by atoms with van der Waals surface area (Å²) in [4.78, 5) is 12.5. The van der Waals surface area contributed by atoms with Crippen molar-refractivity contribution in [1.29, 1.82) is 0 Å². The number of rotatable bonds is 2. The van der Waals surface area contributed by atoms with E-state index in [1.165, 1.54) is 4.90 Å². The fraction of sp³-hybridized carbons (Fsp3) is 0.462. The summed E-state index contributed by atoms with van der Waals surface area (Å²) in [5.41, 5.74) is 1.09. The molecule has 18 heavy (non-hydrogen) atoms. The number of aliphatic hydroxyl groups excluding tert-OH is 1. The first-order chi connectivity index (χ1) is 8.61. The molecule has 0 spiro atoms. The minimum absolute atomic E-state index is 0.0768. The van der Waals surface area contributed by atoms with Gasteiger partial charge in [-0.25, -0.2) is 4.79 Å². The number of nitrogens with zero attached hydrogens (tertiary/aromatic N) is 1. The van der Waals surface area contributed by atoms with Crippen molar-refractivity contribution in [3.05, 3.63) is 34.3 Å². The molecular weight excluding hydrogens is 298 g/mol. The van der Waals surface area contributed by atoms with Crippen molar-refractivity contribution in [2.75, 3.05) is 19.7 Å². The Morgan fingerprint density at radius 1 is 1.39 bits per heavy atom. The molecule has 1 aliphatic rings. The summed E-state index contributed by atoms with van der Waals surface area (Å²) < 4.78 is 0.998. The van der Waals surface area contributed by atoms with Crippen LogP contribution in [0, 0.1) is 5.92 Å². The van der Waals surface area contributed by atoms with Crippen molar-refractivity contribution >= 4 is 22.0 Å². The Labute approximate surface area is 114 Å². The maximum atomic E-state index is 11.0. The second-order valence-electron chi connectivity index (χ2n) is 4.62. The average molecular weight is 314 g/mol. The lowest BCUT2D eigenvalue weighted by Crippen LogP contribution is -2.43. The molecule has 1 amide bonds. The van der Waals surface area contributed by atoms with Gasteiger partial charge in [0.25, 0.3) is 0 Å². The zero-order valence-corrected chi connectivity index (χ0v) is 11.5. The van der Waals surface area contributed by atoms with E-state index in [0.29, 0.717) is 19.5 Å². The number of hydrogen-bond donors (Lipinski definition) is 2. The van der Waals surface area contributed by atoms with Gasteiger partial charge in [0, 0.05) is 30.1 Å². The van der Waals surface area contributed by atoms with Gasteiger partial charge in [-0.05, 0) is 30.0 Å². The van der Waals surface area contributed by atoms with Crippen LogP contribution in [0.25, 0.3) is 0 Å². The molecule has 0 aliphatic carbocycles. The Morgan fingerprint density at radius 3 is 2.61 bits per heavy atom. The molecule has 1 aliphatic heterocycles. The first kappa shape index (κ1) is 13.4. The first-order valence-corrected chi connectivity index (χ1v) is 6.75. The zero-order chi connectivity index (χ0) is 13.1. The summed E-state index contributed by atoms with van der Waals surface area (Å²) in [5.74, 6) is 0.217. The molecule has 2 N–H and O–H groups in total. The average Bonchev–Trinajstić information content (AvgIpc) is 2.39. The van der Waals surface area contributed by atoms with Crippen molar-refractivity contribution in [2.45, 2.75) is 12.3 Å². The van der Waals surface area contributed by atoms with Crippen molar-refractivity contribution in [2.24, 2.45) is 5.92 Å². The molecule has 0 radical (unpaired) electrons. The smallest absolute Gasteiger partial charge is 0.407 e. The molecule has 98 valence electrons. The summed E-state index contributed by atoms with van der Waals surface area (Å²) in [6, 6.07) is 7.87. The molecule has 1 heterocycles. The lowest BCUT2D eigenvalue weighted by atomic mass is 9.81. The number of aliphatic hydroxyl groups is 1. The van der Waals surface area contributed by atoms with Gasteiger partial charge in [-0.15, -0.1) is 0 Å². The third-order valence-electron chi connectivity index (χ3n) is 3.56. The topological polar surface area (TPSA) is 60.8 Å². The quantitative estimate of drug-likeness (QED) is 0.882. The number of amides is 1. The summed E-state index contributed by atoms with van der Waals surface area (Å²) in [5, 5.41) is 18.5. The fourth-order valence-corrected chi connectivity index (χ4v) is 2.74. The van der Waals surface area contributed by atoms with E-state index in [1.54, 1.807) is 0 Å². The van der Waals surface area contributed by atoms with E-state index in [-0.39, 0.29) is 18.4 Å². The van der Waals surface area contributed by atoms with Crippen LogP contribution >= 0.6 is 15.9 Å². The highest BCUT2D eigenvalue weighted by atomic mass is 79.9. The molecule has 1 aromatic rings. The molecule has 2 atom stereocenters. The van der Waals surface area contributed by atoms with Crippen LogP contribution in [0.2, 0.25) is 0 Å². The van der Waals surface area contributed by atoms with Gasteiger partial charge in [-0.2, -0.15) is 0 Å². The van der Waals surface area contributed by atoms with Crippen molar-refractivity contribution in [1.82, 2.24) is 4.90 Å². The maximum Gasteiger partial charge on any atom is 0.407 e. The summed E-state index contributed by atoms with van der Waals surface area (Å²) >= 11 is 3.38. The molecular formula is C13H16BrNO3. The Hall–Kier alpha value is -1.07. The molecule has 0 aromatic heterocycles. The number of hydrogen-bond acceptors (Lipinski definition) is 2. The molecule has 1 fully saturated rings. The van der Waals surface area contributed by atoms with Crippen molar-refractivity contribution in [3.8, 4) is 0 Å². The Morgan fingerprint density at radius 2 is 2.06 bits per heavy atom. The van der Waals surface area contributed by atoms with Gasteiger partial charge in [-0.3, -0.25) is 0 Å². The van der Waals surface area contributed by atoms with E-state index in [9.17, 15) is 9.90 Å². The number of likely N-dealkylation sites (tertiary alicyclic amines) is 1. The Kier molecular flexibility index (Phi) is 4.24. The minimum atomic E-state index is -0.881. The standard InChI is InChI=1S/C13H16BrNO3/c14-11-3-1-9(2-4-11)12-7-15(13(17)18)6-5-10(12)8-16/h1-4,10,12,16H,5-8H2,(H,17,18)/t10-,12-/m0/s1. The van der Waals surface area contributed by atoms with Gasteiger partial charge in [0.15, 0.2) is 0 Å². The van der Waals surface area contributed by atoms with Crippen molar-refractivity contribution < 1.29 is 15.0 Å². The highest BCUT2D eigenvalue weighted by molar-refractivity contribution is 9.10. The highest BCUT2D eigenvalue weighted by Crippen LogP contribution is 2.32. The number of carboxylic acid groups (broad SMARTS) is 1. The predicted molar refractivity (Wildman–Crippen MR) is 71.7 cm³/mol. The van der Waals surface area contributed by atoms with E-state index in [0.717, 1.165) is 10.0 Å². The summed E-state index contributed by atoms with van der Waals surface area (Å²) in [6.45, 7) is 1.07. The van der Waals surface area contributed by atoms with Crippen LogP contribution in [0.15, 0.2) is 28.7 Å². The van der Waals surface area contributed by atoms with Gasteiger partial charge >= 0.3 is 6.09 Å². The second kappa shape index (κ2) is 5.71. The Bertz CT molecular complexity index is 421. The Balaban J connectivity index is 2.20. The van der Waals surface area contributed by atoms with E-state index >= 15 is 0 Å². The van der Waals surface area contributed by atoms with E-state index in [1.807, 2.05) is 24.3 Å². The van der Waals surface area contributed by atoms with Crippen LogP contribution in [0.1, 0.15) is 17.9 Å². The van der Waals surface area contributed by atoms with Crippen LogP contribution in [-0.4, -0.2) is 40.9 Å². The van der Waals surface area contributed by atoms with Gasteiger partial charge in [-0.1, -0.05) is 28.1 Å².